The molecule has 0 saturated carbocycles. The van der Waals surface area contributed by atoms with Crippen molar-refractivity contribution in [1.82, 2.24) is 9.88 Å². The van der Waals surface area contributed by atoms with E-state index in [0.717, 1.165) is 53.3 Å². The number of aromatic amines is 1. The lowest BCUT2D eigenvalue weighted by Crippen LogP contribution is -2.35. The van der Waals surface area contributed by atoms with Crippen LogP contribution < -0.4 is 5.43 Å². The van der Waals surface area contributed by atoms with Crippen LogP contribution in [0.25, 0.3) is 10.9 Å². The van der Waals surface area contributed by atoms with Crippen molar-refractivity contribution in [3.05, 3.63) is 45.2 Å². The molecule has 3 rings (SSSR count). The molecule has 0 radical (unpaired) electrons. The van der Waals surface area contributed by atoms with E-state index in [2.05, 4.69) is 16.8 Å². The predicted octanol–water partition coefficient (Wildman–Crippen LogP) is 3.38. The van der Waals surface area contributed by atoms with Gasteiger partial charge < -0.3 is 4.98 Å². The van der Waals surface area contributed by atoms with Crippen LogP contribution in [-0.2, 0) is 6.54 Å². The third-order valence-corrected chi connectivity index (χ3v) is 4.59. The summed E-state index contributed by atoms with van der Waals surface area (Å²) in [5.41, 5.74) is 4.22. The Morgan fingerprint density at radius 1 is 1.33 bits per heavy atom. The first kappa shape index (κ1) is 14.3. The Bertz CT molecular complexity index is 717. The van der Waals surface area contributed by atoms with Gasteiger partial charge in [-0.15, -0.1) is 0 Å². The Balaban J connectivity index is 2.00. The van der Waals surface area contributed by atoms with Gasteiger partial charge in [-0.1, -0.05) is 18.6 Å². The Morgan fingerprint density at radius 2 is 2.14 bits per heavy atom. The maximum atomic E-state index is 12.8. The Kier molecular flexibility index (Phi) is 3.85. The topological polar surface area (TPSA) is 36.1 Å². The van der Waals surface area contributed by atoms with Gasteiger partial charge >= 0.3 is 0 Å². The number of hydrogen-bond acceptors (Lipinski definition) is 2. The molecule has 1 aromatic carbocycles. The van der Waals surface area contributed by atoms with Crippen molar-refractivity contribution < 1.29 is 0 Å². The first-order valence-corrected chi connectivity index (χ1v) is 7.89. The Labute approximate surface area is 126 Å². The van der Waals surface area contributed by atoms with E-state index in [1.807, 2.05) is 32.0 Å². The molecule has 0 bridgehead atoms. The van der Waals surface area contributed by atoms with Gasteiger partial charge in [0.1, 0.15) is 0 Å². The molecule has 1 fully saturated rings. The van der Waals surface area contributed by atoms with Crippen molar-refractivity contribution in [2.45, 2.75) is 40.2 Å². The van der Waals surface area contributed by atoms with Crippen molar-refractivity contribution in [2.24, 2.45) is 5.92 Å². The zero-order valence-electron chi connectivity index (χ0n) is 13.2. The lowest BCUT2D eigenvalue weighted by molar-refractivity contribution is 0.176. The van der Waals surface area contributed by atoms with Crippen LogP contribution >= 0.6 is 0 Å². The van der Waals surface area contributed by atoms with Crippen LogP contribution in [0.2, 0.25) is 0 Å². The van der Waals surface area contributed by atoms with E-state index in [-0.39, 0.29) is 5.43 Å². The molecule has 112 valence electrons. The van der Waals surface area contributed by atoms with Crippen LogP contribution in [0.1, 0.15) is 36.6 Å². The molecule has 3 heteroatoms. The number of nitrogens with zero attached hydrogens (tertiary/aromatic N) is 1. The number of rotatable bonds is 2. The smallest absolute Gasteiger partial charge is 0.194 e. The van der Waals surface area contributed by atoms with E-state index in [9.17, 15) is 4.79 Å². The minimum atomic E-state index is 0.197. The number of nitrogens with one attached hydrogen (secondary N) is 1. The molecular weight excluding hydrogens is 260 g/mol. The highest BCUT2D eigenvalue weighted by Gasteiger charge is 2.19. The molecule has 1 N–H and O–H groups in total. The minimum Gasteiger partial charge on any atom is -0.358 e. The number of aromatic nitrogens is 1. The van der Waals surface area contributed by atoms with Gasteiger partial charge in [0.2, 0.25) is 0 Å². The zero-order chi connectivity index (χ0) is 15.0. The number of fused-ring (bicyclic) bond motifs is 1. The number of likely N-dealkylation sites (tertiary alicyclic amines) is 1. The highest BCUT2D eigenvalue weighted by atomic mass is 16.1. The van der Waals surface area contributed by atoms with Crippen LogP contribution in [0.3, 0.4) is 0 Å². The number of pyridine rings is 1. The predicted molar refractivity (Wildman–Crippen MR) is 87.7 cm³/mol. The number of aryl methyl sites for hydroxylation is 2. The first-order chi connectivity index (χ1) is 10.0. The Morgan fingerprint density at radius 3 is 2.90 bits per heavy atom. The summed E-state index contributed by atoms with van der Waals surface area (Å²) in [6.45, 7) is 9.33. The molecule has 1 aliphatic heterocycles. The number of H-pyrrole nitrogens is 1. The lowest BCUT2D eigenvalue weighted by atomic mass is 9.99. The van der Waals surface area contributed by atoms with Crippen LogP contribution in [0.5, 0.6) is 0 Å². The summed E-state index contributed by atoms with van der Waals surface area (Å²) in [6.07, 6.45) is 2.55. The van der Waals surface area contributed by atoms with Crippen molar-refractivity contribution in [3.63, 3.8) is 0 Å². The highest BCUT2D eigenvalue weighted by molar-refractivity contribution is 5.80. The van der Waals surface area contributed by atoms with E-state index < -0.39 is 0 Å². The van der Waals surface area contributed by atoms with Gasteiger partial charge in [-0.05, 0) is 51.3 Å². The van der Waals surface area contributed by atoms with Gasteiger partial charge in [-0.25, -0.2) is 0 Å². The molecule has 1 atom stereocenters. The van der Waals surface area contributed by atoms with Gasteiger partial charge in [-0.2, -0.15) is 0 Å². The summed E-state index contributed by atoms with van der Waals surface area (Å²) in [4.78, 5) is 18.6. The molecule has 3 nitrogen and oxygen atoms in total. The number of benzene rings is 1. The average molecular weight is 284 g/mol. The quantitative estimate of drug-likeness (QED) is 0.917. The van der Waals surface area contributed by atoms with Crippen molar-refractivity contribution in [2.75, 3.05) is 13.1 Å². The largest absolute Gasteiger partial charge is 0.358 e. The summed E-state index contributed by atoms with van der Waals surface area (Å²) in [7, 11) is 0. The first-order valence-electron chi connectivity index (χ1n) is 7.89. The third-order valence-electron chi connectivity index (χ3n) is 4.59. The van der Waals surface area contributed by atoms with Crippen LogP contribution in [-0.4, -0.2) is 23.0 Å². The second-order valence-electron chi connectivity index (χ2n) is 6.59. The second-order valence-corrected chi connectivity index (χ2v) is 6.59. The molecule has 21 heavy (non-hydrogen) atoms. The summed E-state index contributed by atoms with van der Waals surface area (Å²) >= 11 is 0. The fourth-order valence-corrected chi connectivity index (χ4v) is 3.41. The fraction of sp³-hybridized carbons (Fsp3) is 0.500. The number of piperidine rings is 1. The van der Waals surface area contributed by atoms with Crippen LogP contribution in [0.15, 0.2) is 23.0 Å². The van der Waals surface area contributed by atoms with E-state index in [4.69, 9.17) is 0 Å². The standard InChI is InChI=1S/C18H24N2O/c1-12-6-7-17-15(9-12)18(21)16(14(3)19-17)11-20-8-4-5-13(2)10-20/h6-7,9,13H,4-5,8,10-11H2,1-3H3,(H,19,21)/t13-/m1/s1. The SMILES string of the molecule is Cc1ccc2[nH]c(C)c(CN3CCC[C@@H](C)C3)c(=O)c2c1. The molecule has 0 amide bonds. The monoisotopic (exact) mass is 284 g/mol. The van der Waals surface area contributed by atoms with E-state index in [1.54, 1.807) is 0 Å². The fourth-order valence-electron chi connectivity index (χ4n) is 3.41. The second kappa shape index (κ2) is 5.64. The van der Waals surface area contributed by atoms with Gasteiger partial charge in [0.15, 0.2) is 5.43 Å². The molecule has 0 spiro atoms. The van der Waals surface area contributed by atoms with Gasteiger partial charge in [0, 0.05) is 35.2 Å². The normalized spacial score (nSPS) is 20.0. The third kappa shape index (κ3) is 2.88. The van der Waals surface area contributed by atoms with Gasteiger partial charge in [0.05, 0.1) is 0 Å². The minimum absolute atomic E-state index is 0.197. The molecule has 0 aliphatic carbocycles. The number of hydrogen-bond donors (Lipinski definition) is 1. The van der Waals surface area contributed by atoms with E-state index >= 15 is 0 Å². The Hall–Kier alpha value is -1.61. The van der Waals surface area contributed by atoms with E-state index in [1.165, 1.54) is 12.8 Å². The van der Waals surface area contributed by atoms with Gasteiger partial charge in [0.25, 0.3) is 0 Å². The maximum absolute atomic E-state index is 12.8. The molecule has 1 saturated heterocycles. The molecule has 1 aliphatic rings. The zero-order valence-corrected chi connectivity index (χ0v) is 13.2. The maximum Gasteiger partial charge on any atom is 0.194 e. The van der Waals surface area contributed by atoms with Crippen molar-refractivity contribution >= 4 is 10.9 Å². The van der Waals surface area contributed by atoms with E-state index in [0.29, 0.717) is 0 Å². The van der Waals surface area contributed by atoms with Gasteiger partial charge in [-0.3, -0.25) is 9.69 Å². The lowest BCUT2D eigenvalue weighted by Gasteiger charge is -2.31. The highest BCUT2D eigenvalue weighted by Crippen LogP contribution is 2.19. The summed E-state index contributed by atoms with van der Waals surface area (Å²) in [6, 6.07) is 6.05. The van der Waals surface area contributed by atoms with Crippen LogP contribution in [0.4, 0.5) is 0 Å². The molecule has 0 unspecified atom stereocenters. The molecule has 1 aromatic heterocycles. The van der Waals surface area contributed by atoms with Crippen molar-refractivity contribution in [3.8, 4) is 0 Å². The molecule has 2 aromatic rings. The summed E-state index contributed by atoms with van der Waals surface area (Å²) in [5, 5.41) is 0.820. The van der Waals surface area contributed by atoms with Crippen LogP contribution in [0, 0.1) is 19.8 Å². The molecular formula is C18H24N2O. The average Bonchev–Trinajstić information content (AvgIpc) is 2.45. The molecule has 2 heterocycles. The summed E-state index contributed by atoms with van der Waals surface area (Å²) in [5.74, 6) is 0.737. The van der Waals surface area contributed by atoms with Crippen molar-refractivity contribution in [1.29, 1.82) is 0 Å². The summed E-state index contributed by atoms with van der Waals surface area (Å²) < 4.78 is 0.